The first-order valence-electron chi connectivity index (χ1n) is 4.60. The molecule has 1 aliphatic rings. The molecule has 1 saturated carbocycles. The lowest BCUT2D eigenvalue weighted by Crippen LogP contribution is -2.30. The van der Waals surface area contributed by atoms with Crippen LogP contribution in [-0.2, 0) is 0 Å². The van der Waals surface area contributed by atoms with Crippen LogP contribution in [0.4, 0.5) is 4.39 Å². The predicted molar refractivity (Wildman–Crippen MR) is 55.3 cm³/mol. The van der Waals surface area contributed by atoms with Crippen LogP contribution in [0.3, 0.4) is 0 Å². The standard InChI is InChI=1S/C10H10ClFN2O/c11-6-3-1-2-5(9(6)12)10(15)14-8-4-7(8)13/h1-3,7-8H,4,13H2,(H,14,15). The van der Waals surface area contributed by atoms with Crippen molar-refractivity contribution in [3.8, 4) is 0 Å². The van der Waals surface area contributed by atoms with Gasteiger partial charge in [0, 0.05) is 12.1 Å². The number of hydrogen-bond acceptors (Lipinski definition) is 2. The minimum absolute atomic E-state index is 0.00352. The van der Waals surface area contributed by atoms with Crippen LogP contribution in [0, 0.1) is 5.82 Å². The number of amides is 1. The minimum atomic E-state index is -0.689. The first-order chi connectivity index (χ1) is 7.09. The third kappa shape index (κ3) is 2.11. The summed E-state index contributed by atoms with van der Waals surface area (Å²) in [7, 11) is 0. The zero-order valence-electron chi connectivity index (χ0n) is 7.84. The summed E-state index contributed by atoms with van der Waals surface area (Å²) in [4.78, 5) is 11.5. The molecule has 0 aromatic heterocycles. The van der Waals surface area contributed by atoms with Gasteiger partial charge in [0.05, 0.1) is 10.6 Å². The molecule has 2 rings (SSSR count). The molecule has 0 heterocycles. The monoisotopic (exact) mass is 228 g/mol. The lowest BCUT2D eigenvalue weighted by molar-refractivity contribution is 0.0946. The summed E-state index contributed by atoms with van der Waals surface area (Å²) in [6, 6.07) is 4.29. The van der Waals surface area contributed by atoms with Crippen LogP contribution in [0.2, 0.25) is 5.02 Å². The van der Waals surface area contributed by atoms with E-state index in [2.05, 4.69) is 5.32 Å². The number of nitrogens with one attached hydrogen (secondary N) is 1. The normalized spacial score (nSPS) is 23.7. The highest BCUT2D eigenvalue weighted by Gasteiger charge is 2.35. The van der Waals surface area contributed by atoms with Crippen molar-refractivity contribution in [2.45, 2.75) is 18.5 Å². The van der Waals surface area contributed by atoms with Gasteiger partial charge in [-0.05, 0) is 18.6 Å². The lowest BCUT2D eigenvalue weighted by atomic mass is 10.2. The van der Waals surface area contributed by atoms with Gasteiger partial charge in [-0.1, -0.05) is 17.7 Å². The largest absolute Gasteiger partial charge is 0.348 e. The van der Waals surface area contributed by atoms with Crippen molar-refractivity contribution in [2.75, 3.05) is 0 Å². The van der Waals surface area contributed by atoms with E-state index in [0.717, 1.165) is 6.42 Å². The number of halogens is 2. The Bertz CT molecular complexity index is 410. The fourth-order valence-corrected chi connectivity index (χ4v) is 1.48. The van der Waals surface area contributed by atoms with Gasteiger partial charge < -0.3 is 11.1 Å². The molecule has 15 heavy (non-hydrogen) atoms. The summed E-state index contributed by atoms with van der Waals surface area (Å²) in [5.74, 6) is -1.15. The first-order valence-corrected chi connectivity index (χ1v) is 4.98. The molecule has 80 valence electrons. The maximum Gasteiger partial charge on any atom is 0.254 e. The van der Waals surface area contributed by atoms with Crippen molar-refractivity contribution in [3.63, 3.8) is 0 Å². The Morgan fingerprint density at radius 1 is 1.60 bits per heavy atom. The molecule has 1 aliphatic carbocycles. The van der Waals surface area contributed by atoms with E-state index in [9.17, 15) is 9.18 Å². The number of nitrogens with two attached hydrogens (primary N) is 1. The third-order valence-corrected chi connectivity index (χ3v) is 2.64. The van der Waals surface area contributed by atoms with E-state index >= 15 is 0 Å². The Hall–Kier alpha value is -1.13. The zero-order chi connectivity index (χ0) is 11.0. The van der Waals surface area contributed by atoms with Gasteiger partial charge in [0.15, 0.2) is 5.82 Å². The van der Waals surface area contributed by atoms with Crippen molar-refractivity contribution in [1.82, 2.24) is 5.32 Å². The minimum Gasteiger partial charge on any atom is -0.348 e. The number of benzene rings is 1. The van der Waals surface area contributed by atoms with Gasteiger partial charge in [-0.15, -0.1) is 0 Å². The number of rotatable bonds is 2. The Morgan fingerprint density at radius 2 is 2.27 bits per heavy atom. The quantitative estimate of drug-likeness (QED) is 0.802. The summed E-state index contributed by atoms with van der Waals surface area (Å²) >= 11 is 5.56. The molecule has 1 fully saturated rings. The van der Waals surface area contributed by atoms with E-state index in [1.54, 1.807) is 0 Å². The molecule has 1 amide bonds. The molecular weight excluding hydrogens is 219 g/mol. The van der Waals surface area contributed by atoms with Gasteiger partial charge in [-0.2, -0.15) is 0 Å². The molecule has 5 heteroatoms. The maximum absolute atomic E-state index is 13.4. The second kappa shape index (κ2) is 3.79. The molecule has 0 bridgehead atoms. The van der Waals surface area contributed by atoms with Gasteiger partial charge in [-0.3, -0.25) is 4.79 Å². The summed E-state index contributed by atoms with van der Waals surface area (Å²) in [5.41, 5.74) is 5.49. The van der Waals surface area contributed by atoms with E-state index < -0.39 is 11.7 Å². The SMILES string of the molecule is NC1CC1NC(=O)c1cccc(Cl)c1F. The lowest BCUT2D eigenvalue weighted by Gasteiger charge is -2.05. The third-order valence-electron chi connectivity index (χ3n) is 2.35. The van der Waals surface area contributed by atoms with Gasteiger partial charge in [0.1, 0.15) is 0 Å². The fourth-order valence-electron chi connectivity index (χ4n) is 1.31. The van der Waals surface area contributed by atoms with Crippen LogP contribution < -0.4 is 11.1 Å². The smallest absolute Gasteiger partial charge is 0.254 e. The maximum atomic E-state index is 13.4. The average molecular weight is 229 g/mol. The van der Waals surface area contributed by atoms with E-state index in [4.69, 9.17) is 17.3 Å². The highest BCUT2D eigenvalue weighted by atomic mass is 35.5. The van der Waals surface area contributed by atoms with Crippen molar-refractivity contribution < 1.29 is 9.18 Å². The van der Waals surface area contributed by atoms with Crippen LogP contribution in [-0.4, -0.2) is 18.0 Å². The Kier molecular flexibility index (Phi) is 2.63. The first kappa shape index (κ1) is 10.4. The number of carbonyl (C=O) groups excluding carboxylic acids is 1. The van der Waals surface area contributed by atoms with Gasteiger partial charge in [0.2, 0.25) is 0 Å². The van der Waals surface area contributed by atoms with Crippen molar-refractivity contribution in [2.24, 2.45) is 5.73 Å². The van der Waals surface area contributed by atoms with E-state index in [0.29, 0.717) is 0 Å². The van der Waals surface area contributed by atoms with E-state index in [1.165, 1.54) is 18.2 Å². The molecule has 0 aliphatic heterocycles. The number of hydrogen-bond donors (Lipinski definition) is 2. The molecule has 0 radical (unpaired) electrons. The van der Waals surface area contributed by atoms with Crippen molar-refractivity contribution in [1.29, 1.82) is 0 Å². The van der Waals surface area contributed by atoms with E-state index in [-0.39, 0.29) is 22.7 Å². The molecule has 2 atom stereocenters. The second-order valence-electron chi connectivity index (χ2n) is 3.58. The molecule has 1 aromatic carbocycles. The van der Waals surface area contributed by atoms with Crippen LogP contribution in [0.5, 0.6) is 0 Å². The predicted octanol–water partition coefficient (Wildman–Crippen LogP) is 1.31. The molecule has 2 unspecified atom stereocenters. The van der Waals surface area contributed by atoms with Crippen LogP contribution in [0.15, 0.2) is 18.2 Å². The molecule has 3 N–H and O–H groups in total. The molecule has 0 saturated heterocycles. The highest BCUT2D eigenvalue weighted by Crippen LogP contribution is 2.21. The van der Waals surface area contributed by atoms with Gasteiger partial charge >= 0.3 is 0 Å². The van der Waals surface area contributed by atoms with Gasteiger partial charge in [0.25, 0.3) is 5.91 Å². The Labute approximate surface area is 91.4 Å². The average Bonchev–Trinajstić information content (AvgIpc) is 2.86. The molecule has 1 aromatic rings. The van der Waals surface area contributed by atoms with Crippen LogP contribution in [0.1, 0.15) is 16.8 Å². The van der Waals surface area contributed by atoms with Gasteiger partial charge in [-0.25, -0.2) is 4.39 Å². The summed E-state index contributed by atoms with van der Waals surface area (Å²) in [6.45, 7) is 0. The summed E-state index contributed by atoms with van der Waals surface area (Å²) < 4.78 is 13.4. The van der Waals surface area contributed by atoms with Crippen LogP contribution >= 0.6 is 11.6 Å². The zero-order valence-corrected chi connectivity index (χ0v) is 8.59. The molecule has 0 spiro atoms. The fraction of sp³-hybridized carbons (Fsp3) is 0.300. The summed E-state index contributed by atoms with van der Waals surface area (Å²) in [6.07, 6.45) is 0.744. The highest BCUT2D eigenvalue weighted by molar-refractivity contribution is 6.31. The Balaban J connectivity index is 2.14. The van der Waals surface area contributed by atoms with Crippen molar-refractivity contribution in [3.05, 3.63) is 34.6 Å². The number of carbonyl (C=O) groups is 1. The van der Waals surface area contributed by atoms with Crippen LogP contribution in [0.25, 0.3) is 0 Å². The Morgan fingerprint density at radius 3 is 2.87 bits per heavy atom. The molecule has 3 nitrogen and oxygen atoms in total. The molecular formula is C10H10ClFN2O. The summed E-state index contributed by atoms with van der Waals surface area (Å²) in [5, 5.41) is 2.57. The second-order valence-corrected chi connectivity index (χ2v) is 3.99. The topological polar surface area (TPSA) is 55.1 Å². The van der Waals surface area contributed by atoms with E-state index in [1.807, 2.05) is 0 Å². The van der Waals surface area contributed by atoms with Crippen molar-refractivity contribution >= 4 is 17.5 Å².